The van der Waals surface area contributed by atoms with Gasteiger partial charge in [-0.2, -0.15) is 4.99 Å². The van der Waals surface area contributed by atoms with Crippen LogP contribution in [0.5, 0.6) is 0 Å². The largest absolute Gasteiger partial charge is 0.319 e. The number of aromatic nitrogens is 1. The van der Waals surface area contributed by atoms with Crippen LogP contribution in [0, 0.1) is 0 Å². The number of nitrogens with zero attached hydrogens (tertiary/aromatic N) is 2. The molecule has 0 bridgehead atoms. The molecule has 3 rings (SSSR count). The van der Waals surface area contributed by atoms with E-state index in [2.05, 4.69) is 30.1 Å². The van der Waals surface area contributed by atoms with Crippen LogP contribution in [0.25, 0.3) is 10.2 Å². The Morgan fingerprint density at radius 2 is 1.79 bits per heavy atom. The van der Waals surface area contributed by atoms with Crippen molar-refractivity contribution in [1.29, 1.82) is 0 Å². The van der Waals surface area contributed by atoms with Crippen LogP contribution in [0.15, 0.2) is 52.4 Å². The number of amides is 1. The predicted octanol–water partition coefficient (Wildman–Crippen LogP) is 3.66. The first-order valence-corrected chi connectivity index (χ1v) is 11.9. The van der Waals surface area contributed by atoms with E-state index in [0.717, 1.165) is 41.3 Å². The van der Waals surface area contributed by atoms with Gasteiger partial charge in [0, 0.05) is 13.3 Å². The molecule has 0 fully saturated rings. The highest BCUT2D eigenvalue weighted by Gasteiger charge is 2.09. The maximum absolute atomic E-state index is 12.4. The van der Waals surface area contributed by atoms with Gasteiger partial charge in [-0.1, -0.05) is 42.9 Å². The molecule has 0 unspecified atom stereocenters. The van der Waals surface area contributed by atoms with Crippen LogP contribution in [0.3, 0.4) is 0 Å². The van der Waals surface area contributed by atoms with Gasteiger partial charge in [0.25, 0.3) is 5.91 Å². The normalized spacial score (nSPS) is 12.6. The first kappa shape index (κ1) is 20.5. The highest BCUT2D eigenvalue weighted by molar-refractivity contribution is 7.90. The molecular weight excluding hydrogens is 392 g/mol. The Morgan fingerprint density at radius 1 is 1.11 bits per heavy atom. The molecule has 0 aliphatic rings. The van der Waals surface area contributed by atoms with Gasteiger partial charge < -0.3 is 4.57 Å². The Labute approximate surface area is 169 Å². The van der Waals surface area contributed by atoms with Crippen LogP contribution < -0.4 is 4.80 Å². The second kappa shape index (κ2) is 8.41. The van der Waals surface area contributed by atoms with Crippen LogP contribution in [-0.2, 0) is 34.5 Å². The van der Waals surface area contributed by atoms with Crippen molar-refractivity contribution in [3.8, 4) is 0 Å². The molecule has 0 aliphatic heterocycles. The quantitative estimate of drug-likeness (QED) is 0.616. The van der Waals surface area contributed by atoms with Crippen molar-refractivity contribution >= 4 is 37.3 Å². The van der Waals surface area contributed by atoms with Crippen molar-refractivity contribution in [2.75, 3.05) is 6.26 Å². The minimum Gasteiger partial charge on any atom is -0.319 e. The van der Waals surface area contributed by atoms with E-state index < -0.39 is 9.84 Å². The number of rotatable bonds is 6. The first-order chi connectivity index (χ1) is 13.3. The van der Waals surface area contributed by atoms with Crippen molar-refractivity contribution in [2.24, 2.45) is 12.0 Å². The molecule has 1 aromatic heterocycles. The molecule has 5 nitrogen and oxygen atoms in total. The minimum absolute atomic E-state index is 0.139. The van der Waals surface area contributed by atoms with E-state index in [9.17, 15) is 13.2 Å². The summed E-state index contributed by atoms with van der Waals surface area (Å²) in [4.78, 5) is 17.6. The average molecular weight is 417 g/mol. The number of hydrogen-bond acceptors (Lipinski definition) is 4. The zero-order chi connectivity index (χ0) is 20.3. The van der Waals surface area contributed by atoms with E-state index in [-0.39, 0.29) is 17.2 Å². The molecule has 0 atom stereocenters. The van der Waals surface area contributed by atoms with Crippen molar-refractivity contribution < 1.29 is 13.2 Å². The second-order valence-corrected chi connectivity index (χ2v) is 9.97. The third-order valence-corrected chi connectivity index (χ3v) is 6.84. The molecule has 0 N–H and O–H groups in total. The zero-order valence-electron chi connectivity index (χ0n) is 16.3. The van der Waals surface area contributed by atoms with Crippen LogP contribution in [0.4, 0.5) is 0 Å². The summed E-state index contributed by atoms with van der Waals surface area (Å²) < 4.78 is 26.1. The summed E-state index contributed by atoms with van der Waals surface area (Å²) in [6.45, 7) is 2.18. The molecule has 0 radical (unpaired) electrons. The SMILES string of the molecule is CCCCc1ccc2c(c1)sc(=NC(=O)Cc1ccc(S(C)(=O)=O)cc1)n2C. The van der Waals surface area contributed by atoms with Crippen molar-refractivity contribution in [3.63, 3.8) is 0 Å². The van der Waals surface area contributed by atoms with E-state index >= 15 is 0 Å². The molecule has 1 amide bonds. The van der Waals surface area contributed by atoms with Crippen LogP contribution in [-0.4, -0.2) is 25.1 Å². The summed E-state index contributed by atoms with van der Waals surface area (Å²) in [7, 11) is -1.32. The summed E-state index contributed by atoms with van der Waals surface area (Å²) in [5, 5.41) is 0. The summed E-state index contributed by atoms with van der Waals surface area (Å²) in [5.74, 6) is -0.250. The first-order valence-electron chi connectivity index (χ1n) is 9.23. The summed E-state index contributed by atoms with van der Waals surface area (Å²) in [6.07, 6.45) is 4.69. The van der Waals surface area contributed by atoms with Gasteiger partial charge in [0.2, 0.25) is 0 Å². The van der Waals surface area contributed by atoms with Gasteiger partial charge in [-0.15, -0.1) is 0 Å². The highest BCUT2D eigenvalue weighted by Crippen LogP contribution is 2.19. The fourth-order valence-corrected chi connectivity index (χ4v) is 4.73. The molecule has 28 heavy (non-hydrogen) atoms. The van der Waals surface area contributed by atoms with Crippen molar-refractivity contribution in [1.82, 2.24) is 4.57 Å². The number of carbonyl (C=O) groups excluding carboxylic acids is 1. The lowest BCUT2D eigenvalue weighted by molar-refractivity contribution is -0.117. The Kier molecular flexibility index (Phi) is 6.15. The highest BCUT2D eigenvalue weighted by atomic mass is 32.2. The molecule has 2 aromatic carbocycles. The summed E-state index contributed by atoms with van der Waals surface area (Å²) in [6, 6.07) is 12.8. The number of aryl methyl sites for hydroxylation is 2. The lowest BCUT2D eigenvalue weighted by Gasteiger charge is -2.01. The van der Waals surface area contributed by atoms with Gasteiger partial charge in [-0.3, -0.25) is 4.79 Å². The number of unbranched alkanes of at least 4 members (excludes halogenated alkanes) is 1. The van der Waals surface area contributed by atoms with E-state index in [4.69, 9.17) is 0 Å². The van der Waals surface area contributed by atoms with E-state index in [1.54, 1.807) is 12.1 Å². The van der Waals surface area contributed by atoms with E-state index in [1.807, 2.05) is 11.6 Å². The molecule has 3 aromatic rings. The van der Waals surface area contributed by atoms with E-state index in [1.165, 1.54) is 29.0 Å². The monoisotopic (exact) mass is 416 g/mol. The maximum Gasteiger partial charge on any atom is 0.252 e. The lowest BCUT2D eigenvalue weighted by atomic mass is 10.1. The fraction of sp³-hybridized carbons (Fsp3) is 0.333. The third kappa shape index (κ3) is 4.77. The third-order valence-electron chi connectivity index (χ3n) is 4.62. The van der Waals surface area contributed by atoms with Gasteiger partial charge in [0.15, 0.2) is 14.6 Å². The lowest BCUT2D eigenvalue weighted by Crippen LogP contribution is -2.14. The van der Waals surface area contributed by atoms with Crippen molar-refractivity contribution in [2.45, 2.75) is 37.5 Å². The van der Waals surface area contributed by atoms with Crippen LogP contribution in [0.1, 0.15) is 30.9 Å². The Bertz CT molecular complexity index is 1170. The van der Waals surface area contributed by atoms with E-state index in [0.29, 0.717) is 4.80 Å². The number of benzene rings is 2. The molecule has 0 saturated heterocycles. The summed E-state index contributed by atoms with van der Waals surface area (Å²) >= 11 is 1.51. The number of fused-ring (bicyclic) bond motifs is 1. The van der Waals surface area contributed by atoms with Crippen LogP contribution >= 0.6 is 11.3 Å². The van der Waals surface area contributed by atoms with Gasteiger partial charge >= 0.3 is 0 Å². The topological polar surface area (TPSA) is 68.5 Å². The standard InChI is InChI=1S/C21H24N2O3S2/c1-4-5-6-15-9-12-18-19(13-15)27-21(23(18)2)22-20(24)14-16-7-10-17(11-8-16)28(3,25)26/h7-13H,4-6,14H2,1-3H3. The molecule has 0 spiro atoms. The Morgan fingerprint density at radius 3 is 2.43 bits per heavy atom. The minimum atomic E-state index is -3.24. The van der Waals surface area contributed by atoms with Crippen molar-refractivity contribution in [3.05, 3.63) is 58.4 Å². The molecular formula is C21H24N2O3S2. The number of sulfone groups is 1. The zero-order valence-corrected chi connectivity index (χ0v) is 17.9. The molecule has 0 aliphatic carbocycles. The summed E-state index contributed by atoms with van der Waals surface area (Å²) in [5.41, 5.74) is 3.11. The smallest absolute Gasteiger partial charge is 0.252 e. The van der Waals surface area contributed by atoms with Gasteiger partial charge in [-0.05, 0) is 48.2 Å². The number of carbonyl (C=O) groups is 1. The number of thiazole rings is 1. The average Bonchev–Trinajstić information content (AvgIpc) is 2.94. The van der Waals surface area contributed by atoms with Gasteiger partial charge in [-0.25, -0.2) is 8.42 Å². The molecule has 1 heterocycles. The van der Waals surface area contributed by atoms with Gasteiger partial charge in [0.1, 0.15) is 0 Å². The second-order valence-electron chi connectivity index (χ2n) is 6.95. The predicted molar refractivity (Wildman–Crippen MR) is 113 cm³/mol. The maximum atomic E-state index is 12.4. The molecule has 148 valence electrons. The molecule has 0 saturated carbocycles. The Hall–Kier alpha value is -2.25. The van der Waals surface area contributed by atoms with Gasteiger partial charge in [0.05, 0.1) is 21.5 Å². The van der Waals surface area contributed by atoms with Crippen LogP contribution in [0.2, 0.25) is 0 Å². The Balaban J connectivity index is 1.83. The number of hydrogen-bond donors (Lipinski definition) is 0. The fourth-order valence-electron chi connectivity index (χ4n) is 3.00. The molecule has 7 heteroatoms.